The fraction of sp³-hybridized carbons (Fsp3) is 0.154. The van der Waals surface area contributed by atoms with E-state index in [9.17, 15) is 0 Å². The summed E-state index contributed by atoms with van der Waals surface area (Å²) in [6.45, 7) is 0.788. The van der Waals surface area contributed by atoms with Crippen LogP contribution in [-0.4, -0.2) is 17.0 Å². The molecule has 0 N–H and O–H groups in total. The van der Waals surface area contributed by atoms with Crippen molar-refractivity contribution in [1.29, 1.82) is 5.26 Å². The van der Waals surface area contributed by atoms with Crippen LogP contribution < -0.4 is 4.90 Å². The third kappa shape index (κ3) is 2.79. The van der Waals surface area contributed by atoms with Gasteiger partial charge >= 0.3 is 0 Å². The average Bonchev–Trinajstić information content (AvgIpc) is 2.40. The molecule has 2 aromatic heterocycles. The number of hydrogen-bond donors (Lipinski definition) is 0. The minimum atomic E-state index is 0.436. The average molecular weight is 224 g/mol. The van der Waals surface area contributed by atoms with Crippen molar-refractivity contribution in [3.8, 4) is 6.07 Å². The summed E-state index contributed by atoms with van der Waals surface area (Å²) in [5, 5.41) is 8.67. The molecule has 0 atom stereocenters. The Morgan fingerprint density at radius 3 is 2.59 bits per heavy atom. The molecule has 2 aromatic rings. The van der Waals surface area contributed by atoms with Crippen LogP contribution in [0.4, 0.5) is 5.69 Å². The molecule has 0 fully saturated rings. The smallest absolute Gasteiger partial charge is 0.140 e. The lowest BCUT2D eigenvalue weighted by Crippen LogP contribution is -2.16. The van der Waals surface area contributed by atoms with E-state index in [0.717, 1.165) is 12.2 Å². The maximum atomic E-state index is 8.67. The zero-order valence-corrected chi connectivity index (χ0v) is 9.54. The molecule has 0 amide bonds. The van der Waals surface area contributed by atoms with Crippen LogP contribution >= 0.6 is 0 Å². The molecule has 0 bridgehead atoms. The second kappa shape index (κ2) is 5.08. The molecular formula is C13H12N4. The fourth-order valence-corrected chi connectivity index (χ4v) is 1.53. The van der Waals surface area contributed by atoms with Gasteiger partial charge in [-0.3, -0.25) is 4.98 Å². The summed E-state index contributed by atoms with van der Waals surface area (Å²) in [6, 6.07) is 9.58. The minimum Gasteiger partial charge on any atom is -0.369 e. The summed E-state index contributed by atoms with van der Waals surface area (Å²) < 4.78 is 0. The van der Waals surface area contributed by atoms with E-state index in [1.54, 1.807) is 24.7 Å². The molecule has 2 heterocycles. The van der Waals surface area contributed by atoms with Gasteiger partial charge in [-0.05, 0) is 29.8 Å². The van der Waals surface area contributed by atoms with Gasteiger partial charge in [-0.2, -0.15) is 5.26 Å². The lowest BCUT2D eigenvalue weighted by atomic mass is 10.2. The lowest BCUT2D eigenvalue weighted by Gasteiger charge is -2.18. The maximum absolute atomic E-state index is 8.67. The maximum Gasteiger partial charge on any atom is 0.140 e. The summed E-state index contributed by atoms with van der Waals surface area (Å²) in [6.07, 6.45) is 5.26. The molecule has 0 aliphatic rings. The molecular weight excluding hydrogens is 212 g/mol. The Morgan fingerprint density at radius 2 is 2.00 bits per heavy atom. The number of nitrogens with zero attached hydrogens (tertiary/aromatic N) is 4. The van der Waals surface area contributed by atoms with Gasteiger partial charge in [-0.1, -0.05) is 0 Å². The van der Waals surface area contributed by atoms with E-state index in [-0.39, 0.29) is 0 Å². The lowest BCUT2D eigenvalue weighted by molar-refractivity contribution is 0.914. The van der Waals surface area contributed by atoms with Gasteiger partial charge in [0.05, 0.1) is 11.9 Å². The predicted octanol–water partition coefficient (Wildman–Crippen LogP) is 1.98. The van der Waals surface area contributed by atoms with Crippen LogP contribution in [0.2, 0.25) is 0 Å². The second-order valence-electron chi connectivity index (χ2n) is 3.72. The SMILES string of the molecule is CN(Cc1ccncc1)c1ccc(C#N)nc1. The third-order valence-electron chi connectivity index (χ3n) is 2.47. The number of rotatable bonds is 3. The summed E-state index contributed by atoms with van der Waals surface area (Å²) in [4.78, 5) is 10.1. The first-order valence-corrected chi connectivity index (χ1v) is 5.26. The summed E-state index contributed by atoms with van der Waals surface area (Å²) >= 11 is 0. The molecule has 0 saturated carbocycles. The molecule has 84 valence electrons. The van der Waals surface area contributed by atoms with Crippen LogP contribution in [0.1, 0.15) is 11.3 Å². The highest BCUT2D eigenvalue weighted by atomic mass is 15.1. The summed E-state index contributed by atoms with van der Waals surface area (Å²) in [7, 11) is 1.99. The molecule has 0 aliphatic carbocycles. The highest BCUT2D eigenvalue weighted by Gasteiger charge is 2.02. The van der Waals surface area contributed by atoms with Crippen molar-refractivity contribution >= 4 is 5.69 Å². The van der Waals surface area contributed by atoms with Gasteiger partial charge in [-0.25, -0.2) is 4.98 Å². The number of nitriles is 1. The van der Waals surface area contributed by atoms with Gasteiger partial charge < -0.3 is 4.90 Å². The first-order chi connectivity index (χ1) is 8.29. The topological polar surface area (TPSA) is 52.8 Å². The van der Waals surface area contributed by atoms with E-state index in [0.29, 0.717) is 5.69 Å². The van der Waals surface area contributed by atoms with Crippen LogP contribution in [0.15, 0.2) is 42.9 Å². The zero-order chi connectivity index (χ0) is 12.1. The quantitative estimate of drug-likeness (QED) is 0.800. The highest BCUT2D eigenvalue weighted by Crippen LogP contribution is 2.13. The Bertz CT molecular complexity index is 513. The molecule has 2 rings (SSSR count). The number of anilines is 1. The molecule has 17 heavy (non-hydrogen) atoms. The first-order valence-electron chi connectivity index (χ1n) is 5.26. The van der Waals surface area contributed by atoms with Gasteiger partial charge in [0.25, 0.3) is 0 Å². The van der Waals surface area contributed by atoms with Gasteiger partial charge in [-0.15, -0.1) is 0 Å². The van der Waals surface area contributed by atoms with Crippen molar-refractivity contribution < 1.29 is 0 Å². The van der Waals surface area contributed by atoms with Gasteiger partial charge in [0, 0.05) is 26.0 Å². The van der Waals surface area contributed by atoms with E-state index in [2.05, 4.69) is 14.9 Å². The molecule has 0 spiro atoms. The van der Waals surface area contributed by atoms with Crippen LogP contribution in [-0.2, 0) is 6.54 Å². The highest BCUT2D eigenvalue weighted by molar-refractivity contribution is 5.45. The number of hydrogen-bond acceptors (Lipinski definition) is 4. The molecule has 0 saturated heterocycles. The standard InChI is InChI=1S/C13H12N4/c1-17(10-11-4-6-15-7-5-11)13-3-2-12(8-14)16-9-13/h2-7,9H,10H2,1H3. The Morgan fingerprint density at radius 1 is 1.24 bits per heavy atom. The molecule has 0 unspecified atom stereocenters. The number of pyridine rings is 2. The largest absolute Gasteiger partial charge is 0.369 e. The summed E-state index contributed by atoms with van der Waals surface area (Å²) in [5.74, 6) is 0. The minimum absolute atomic E-state index is 0.436. The van der Waals surface area contributed by atoms with E-state index < -0.39 is 0 Å². The molecule has 0 aliphatic heterocycles. The monoisotopic (exact) mass is 224 g/mol. The van der Waals surface area contributed by atoms with Gasteiger partial charge in [0.15, 0.2) is 0 Å². The van der Waals surface area contributed by atoms with Crippen molar-refractivity contribution in [3.63, 3.8) is 0 Å². The van der Waals surface area contributed by atoms with E-state index in [4.69, 9.17) is 5.26 Å². The van der Waals surface area contributed by atoms with Crippen molar-refractivity contribution in [1.82, 2.24) is 9.97 Å². The second-order valence-corrected chi connectivity index (χ2v) is 3.72. The van der Waals surface area contributed by atoms with Gasteiger partial charge in [0.2, 0.25) is 0 Å². The Labute approximate surface area is 100 Å². The number of aromatic nitrogens is 2. The van der Waals surface area contributed by atoms with E-state index in [1.165, 1.54) is 5.56 Å². The van der Waals surface area contributed by atoms with Crippen molar-refractivity contribution in [2.75, 3.05) is 11.9 Å². The van der Waals surface area contributed by atoms with Crippen molar-refractivity contribution in [2.45, 2.75) is 6.54 Å². The Kier molecular flexibility index (Phi) is 3.31. The first kappa shape index (κ1) is 11.1. The predicted molar refractivity (Wildman–Crippen MR) is 65.3 cm³/mol. The zero-order valence-electron chi connectivity index (χ0n) is 9.54. The van der Waals surface area contributed by atoms with Crippen LogP contribution in [0.3, 0.4) is 0 Å². The molecule has 0 aromatic carbocycles. The fourth-order valence-electron chi connectivity index (χ4n) is 1.53. The van der Waals surface area contributed by atoms with Crippen molar-refractivity contribution in [3.05, 3.63) is 54.1 Å². The third-order valence-corrected chi connectivity index (χ3v) is 2.47. The summed E-state index contributed by atoms with van der Waals surface area (Å²) in [5.41, 5.74) is 2.61. The van der Waals surface area contributed by atoms with Crippen LogP contribution in [0, 0.1) is 11.3 Å². The van der Waals surface area contributed by atoms with E-state index >= 15 is 0 Å². The molecule has 0 radical (unpaired) electrons. The Hall–Kier alpha value is -2.41. The molecule has 4 nitrogen and oxygen atoms in total. The van der Waals surface area contributed by atoms with Gasteiger partial charge in [0.1, 0.15) is 11.8 Å². The van der Waals surface area contributed by atoms with E-state index in [1.807, 2.05) is 31.3 Å². The van der Waals surface area contributed by atoms with Crippen molar-refractivity contribution in [2.24, 2.45) is 0 Å². The Balaban J connectivity index is 2.10. The molecule has 4 heteroatoms. The van der Waals surface area contributed by atoms with Crippen LogP contribution in [0.5, 0.6) is 0 Å². The normalized spacial score (nSPS) is 9.65. The van der Waals surface area contributed by atoms with Crippen LogP contribution in [0.25, 0.3) is 0 Å².